The van der Waals surface area contributed by atoms with Crippen LogP contribution in [-0.2, 0) is 6.42 Å². The van der Waals surface area contributed by atoms with Gasteiger partial charge in [-0.3, -0.25) is 4.99 Å². The van der Waals surface area contributed by atoms with Crippen molar-refractivity contribution in [3.05, 3.63) is 23.8 Å². The molecule has 6 nitrogen and oxygen atoms in total. The SMILES string of the molecule is CCNC(=NCC(C)CO)NCCc1ccc(OC)c(OC)c1.I. The Morgan fingerprint density at radius 3 is 2.50 bits per heavy atom. The number of aliphatic hydroxyl groups excluding tert-OH is 1. The molecular formula is C17H30IN3O3. The molecule has 1 unspecified atom stereocenters. The predicted molar refractivity (Wildman–Crippen MR) is 109 cm³/mol. The van der Waals surface area contributed by atoms with Crippen molar-refractivity contribution in [1.82, 2.24) is 10.6 Å². The molecular weight excluding hydrogens is 421 g/mol. The lowest BCUT2D eigenvalue weighted by molar-refractivity contribution is 0.241. The lowest BCUT2D eigenvalue weighted by Gasteiger charge is -2.13. The molecule has 0 amide bonds. The van der Waals surface area contributed by atoms with Crippen LogP contribution in [0, 0.1) is 5.92 Å². The average molecular weight is 451 g/mol. The molecule has 1 aromatic carbocycles. The Labute approximate surface area is 162 Å². The summed E-state index contributed by atoms with van der Waals surface area (Å²) in [4.78, 5) is 4.47. The fourth-order valence-electron chi connectivity index (χ4n) is 2.01. The highest BCUT2D eigenvalue weighted by Gasteiger charge is 2.05. The van der Waals surface area contributed by atoms with Gasteiger partial charge in [-0.25, -0.2) is 0 Å². The van der Waals surface area contributed by atoms with Crippen molar-refractivity contribution in [1.29, 1.82) is 0 Å². The highest BCUT2D eigenvalue weighted by molar-refractivity contribution is 14.0. The first-order valence-corrected chi connectivity index (χ1v) is 7.98. The van der Waals surface area contributed by atoms with Crippen molar-refractivity contribution in [2.75, 3.05) is 40.5 Å². The standard InChI is InChI=1S/C17H29N3O3.HI/c1-5-18-17(20-11-13(2)12-21)19-9-8-14-6-7-15(22-3)16(10-14)23-4;/h6-7,10,13,21H,5,8-9,11-12H2,1-4H3,(H2,18,19,20);1H. The summed E-state index contributed by atoms with van der Waals surface area (Å²) in [6.45, 7) is 6.30. The quantitative estimate of drug-likeness (QED) is 0.305. The largest absolute Gasteiger partial charge is 0.493 e. The van der Waals surface area contributed by atoms with Crippen molar-refractivity contribution in [3.8, 4) is 11.5 Å². The van der Waals surface area contributed by atoms with Gasteiger partial charge < -0.3 is 25.2 Å². The van der Waals surface area contributed by atoms with Crippen LogP contribution < -0.4 is 20.1 Å². The van der Waals surface area contributed by atoms with Crippen LogP contribution in [0.15, 0.2) is 23.2 Å². The summed E-state index contributed by atoms with van der Waals surface area (Å²) < 4.78 is 10.6. The smallest absolute Gasteiger partial charge is 0.191 e. The van der Waals surface area contributed by atoms with E-state index in [2.05, 4.69) is 15.6 Å². The zero-order valence-electron chi connectivity index (χ0n) is 15.0. The van der Waals surface area contributed by atoms with Gasteiger partial charge >= 0.3 is 0 Å². The van der Waals surface area contributed by atoms with Crippen molar-refractivity contribution < 1.29 is 14.6 Å². The monoisotopic (exact) mass is 451 g/mol. The molecule has 0 aromatic heterocycles. The molecule has 24 heavy (non-hydrogen) atoms. The predicted octanol–water partition coefficient (Wildman–Crippen LogP) is 2.05. The van der Waals surface area contributed by atoms with Gasteiger partial charge in [0.1, 0.15) is 0 Å². The van der Waals surface area contributed by atoms with Crippen molar-refractivity contribution in [2.24, 2.45) is 10.9 Å². The van der Waals surface area contributed by atoms with Gasteiger partial charge in [-0.15, -0.1) is 24.0 Å². The number of aliphatic hydroxyl groups is 1. The highest BCUT2D eigenvalue weighted by atomic mass is 127. The molecule has 0 spiro atoms. The van der Waals surface area contributed by atoms with Crippen molar-refractivity contribution >= 4 is 29.9 Å². The average Bonchev–Trinajstić information content (AvgIpc) is 2.59. The third-order valence-corrected chi connectivity index (χ3v) is 3.37. The Bertz CT molecular complexity index is 498. The van der Waals surface area contributed by atoms with Crippen molar-refractivity contribution in [2.45, 2.75) is 20.3 Å². The Hall–Kier alpha value is -1.22. The van der Waals surface area contributed by atoms with Crippen LogP contribution in [0.4, 0.5) is 0 Å². The number of aliphatic imine (C=N–C) groups is 1. The molecule has 0 aliphatic heterocycles. The first-order chi connectivity index (χ1) is 11.1. The van der Waals surface area contributed by atoms with Crippen LogP contribution in [0.25, 0.3) is 0 Å². The van der Waals surface area contributed by atoms with E-state index in [1.54, 1.807) is 14.2 Å². The van der Waals surface area contributed by atoms with Crippen LogP contribution >= 0.6 is 24.0 Å². The second-order valence-corrected chi connectivity index (χ2v) is 5.37. The van der Waals surface area contributed by atoms with Crippen LogP contribution in [0.5, 0.6) is 11.5 Å². The van der Waals surface area contributed by atoms with Gasteiger partial charge in [-0.05, 0) is 37.0 Å². The first-order valence-electron chi connectivity index (χ1n) is 7.98. The van der Waals surface area contributed by atoms with Crippen molar-refractivity contribution in [3.63, 3.8) is 0 Å². The summed E-state index contributed by atoms with van der Waals surface area (Å²) in [7, 11) is 3.27. The maximum Gasteiger partial charge on any atom is 0.191 e. The van der Waals surface area contributed by atoms with Gasteiger partial charge in [-0.2, -0.15) is 0 Å². The molecule has 0 radical (unpaired) electrons. The van der Waals surface area contributed by atoms with E-state index in [1.807, 2.05) is 32.0 Å². The number of ether oxygens (including phenoxy) is 2. The molecule has 0 bridgehead atoms. The number of halogens is 1. The molecule has 0 aliphatic rings. The van der Waals surface area contributed by atoms with Crippen LogP contribution in [-0.4, -0.2) is 51.5 Å². The Morgan fingerprint density at radius 1 is 1.21 bits per heavy atom. The van der Waals surface area contributed by atoms with E-state index >= 15 is 0 Å². The normalized spacial score (nSPS) is 12.1. The maximum absolute atomic E-state index is 9.06. The summed E-state index contributed by atoms with van der Waals surface area (Å²) in [6, 6.07) is 5.93. The summed E-state index contributed by atoms with van der Waals surface area (Å²) >= 11 is 0. The molecule has 0 saturated heterocycles. The summed E-state index contributed by atoms with van der Waals surface area (Å²) in [5, 5.41) is 15.6. The van der Waals surface area contributed by atoms with E-state index in [4.69, 9.17) is 14.6 Å². The number of benzene rings is 1. The number of hydrogen-bond donors (Lipinski definition) is 3. The lowest BCUT2D eigenvalue weighted by Crippen LogP contribution is -2.38. The number of hydrogen-bond acceptors (Lipinski definition) is 4. The lowest BCUT2D eigenvalue weighted by atomic mass is 10.1. The van der Waals surface area contributed by atoms with Gasteiger partial charge in [0.05, 0.1) is 14.2 Å². The van der Waals surface area contributed by atoms with E-state index in [-0.39, 0.29) is 36.5 Å². The van der Waals surface area contributed by atoms with E-state index in [0.29, 0.717) is 6.54 Å². The number of methoxy groups -OCH3 is 2. The first kappa shape index (κ1) is 22.8. The molecule has 1 atom stereocenters. The number of nitrogens with one attached hydrogen (secondary N) is 2. The second kappa shape index (κ2) is 13.1. The van der Waals surface area contributed by atoms with Gasteiger partial charge in [-0.1, -0.05) is 13.0 Å². The van der Waals surface area contributed by atoms with Gasteiger partial charge in [0.2, 0.25) is 0 Å². The molecule has 1 aromatic rings. The third kappa shape index (κ3) is 8.05. The number of rotatable bonds is 9. The van der Waals surface area contributed by atoms with Crippen LogP contribution in [0.3, 0.4) is 0 Å². The van der Waals surface area contributed by atoms with Gasteiger partial charge in [0.15, 0.2) is 17.5 Å². The summed E-state index contributed by atoms with van der Waals surface area (Å²) in [5.41, 5.74) is 1.16. The zero-order chi connectivity index (χ0) is 17.1. The molecule has 7 heteroatoms. The third-order valence-electron chi connectivity index (χ3n) is 3.37. The molecule has 0 heterocycles. The van der Waals surface area contributed by atoms with Gasteiger partial charge in [0.25, 0.3) is 0 Å². The Kier molecular flexibility index (Phi) is 12.4. The molecule has 0 aliphatic carbocycles. The fourth-order valence-corrected chi connectivity index (χ4v) is 2.01. The van der Waals surface area contributed by atoms with Crippen LogP contribution in [0.1, 0.15) is 19.4 Å². The second-order valence-electron chi connectivity index (χ2n) is 5.37. The minimum absolute atomic E-state index is 0. The maximum atomic E-state index is 9.06. The zero-order valence-corrected chi connectivity index (χ0v) is 17.3. The Balaban J connectivity index is 0.00000529. The molecule has 3 N–H and O–H groups in total. The van der Waals surface area contributed by atoms with Crippen LogP contribution in [0.2, 0.25) is 0 Å². The highest BCUT2D eigenvalue weighted by Crippen LogP contribution is 2.27. The summed E-state index contributed by atoms with van der Waals surface area (Å²) in [5.74, 6) is 2.41. The minimum atomic E-state index is 0. The molecule has 0 saturated carbocycles. The summed E-state index contributed by atoms with van der Waals surface area (Å²) in [6.07, 6.45) is 0.848. The molecule has 138 valence electrons. The van der Waals surface area contributed by atoms with E-state index in [0.717, 1.165) is 42.5 Å². The molecule has 1 rings (SSSR count). The van der Waals surface area contributed by atoms with E-state index in [1.165, 1.54) is 0 Å². The Morgan fingerprint density at radius 2 is 1.92 bits per heavy atom. The fraction of sp³-hybridized carbons (Fsp3) is 0.588. The molecule has 0 fully saturated rings. The van der Waals surface area contributed by atoms with E-state index in [9.17, 15) is 0 Å². The number of guanidine groups is 1. The topological polar surface area (TPSA) is 75.1 Å². The van der Waals surface area contributed by atoms with E-state index < -0.39 is 0 Å². The minimum Gasteiger partial charge on any atom is -0.493 e. The number of nitrogens with zero attached hydrogens (tertiary/aromatic N) is 1. The van der Waals surface area contributed by atoms with Gasteiger partial charge in [0, 0.05) is 26.2 Å².